The maximum atomic E-state index is 12.4. The molecule has 1 fully saturated rings. The number of Topliss-reactive ketones (excluding diaryl/α,β-unsaturated/α-hetero) is 1. The second kappa shape index (κ2) is 5.58. The van der Waals surface area contributed by atoms with Gasteiger partial charge >= 0.3 is 5.91 Å². The highest BCUT2D eigenvalue weighted by molar-refractivity contribution is 7.10. The monoisotopic (exact) mass is 327 g/mol. The van der Waals surface area contributed by atoms with Gasteiger partial charge in [-0.05, 0) is 30.5 Å². The van der Waals surface area contributed by atoms with Gasteiger partial charge in [-0.25, -0.2) is 0 Å². The summed E-state index contributed by atoms with van der Waals surface area (Å²) < 4.78 is 0. The Morgan fingerprint density at radius 2 is 2.17 bits per heavy atom. The fourth-order valence-corrected chi connectivity index (χ4v) is 4.63. The summed E-state index contributed by atoms with van der Waals surface area (Å²) in [5.41, 5.74) is 2.34. The molecule has 0 spiro atoms. The van der Waals surface area contributed by atoms with Gasteiger partial charge in [0.1, 0.15) is 6.04 Å². The van der Waals surface area contributed by atoms with Crippen molar-refractivity contribution in [3.63, 3.8) is 0 Å². The number of quaternary nitrogens is 1. The van der Waals surface area contributed by atoms with Gasteiger partial charge in [0.15, 0.2) is 6.67 Å². The van der Waals surface area contributed by atoms with E-state index < -0.39 is 0 Å². The number of thiophene rings is 1. The van der Waals surface area contributed by atoms with Crippen LogP contribution in [0.25, 0.3) is 0 Å². The topological polar surface area (TPSA) is 41.8 Å². The highest BCUT2D eigenvalue weighted by Crippen LogP contribution is 2.30. The number of likely N-dealkylation sites (tertiary alicyclic amines) is 1. The van der Waals surface area contributed by atoms with E-state index in [0.29, 0.717) is 18.3 Å². The van der Waals surface area contributed by atoms with Crippen molar-refractivity contribution in [3.8, 4) is 0 Å². The van der Waals surface area contributed by atoms with E-state index in [1.807, 2.05) is 25.1 Å². The molecule has 4 nitrogen and oxygen atoms in total. The molecule has 1 saturated heterocycles. The van der Waals surface area contributed by atoms with Crippen LogP contribution < -0.4 is 9.80 Å². The first-order valence-electron chi connectivity index (χ1n) is 8.00. The highest BCUT2D eigenvalue weighted by atomic mass is 32.1. The number of benzene rings is 1. The lowest BCUT2D eigenvalue weighted by molar-refractivity contribution is -0.916. The van der Waals surface area contributed by atoms with Gasteiger partial charge in [0.2, 0.25) is 0 Å². The van der Waals surface area contributed by atoms with Crippen LogP contribution in [0.15, 0.2) is 35.7 Å². The molecular formula is C18H19N2O2S+. The van der Waals surface area contributed by atoms with E-state index in [0.717, 1.165) is 30.6 Å². The molecule has 0 bridgehead atoms. The molecule has 1 unspecified atom stereocenters. The summed E-state index contributed by atoms with van der Waals surface area (Å²) in [5.74, 6) is -0.745. The molecule has 2 aromatic rings. The van der Waals surface area contributed by atoms with Gasteiger partial charge in [-0.3, -0.25) is 14.5 Å². The standard InChI is InChI=1S/C18H18N2O2S/c1-12-6-7-14-13(10-12)17(21)18(22)20(14)11-19-8-2-4-15(19)16-5-3-9-23-16/h3,5-7,9-10,15H,2,4,8,11H2,1H3/p+1/t15-/m1/s1. The summed E-state index contributed by atoms with van der Waals surface area (Å²) >= 11 is 1.78. The number of carbonyl (C=O) groups excluding carboxylic acids is 2. The highest BCUT2D eigenvalue weighted by Gasteiger charge is 2.40. The van der Waals surface area contributed by atoms with E-state index in [-0.39, 0.29) is 11.7 Å². The minimum absolute atomic E-state index is 0.366. The Morgan fingerprint density at radius 1 is 1.30 bits per heavy atom. The maximum Gasteiger partial charge on any atom is 0.303 e. The third-order valence-electron chi connectivity index (χ3n) is 4.86. The third kappa shape index (κ3) is 2.40. The molecule has 3 heterocycles. The Morgan fingerprint density at radius 3 is 2.96 bits per heavy atom. The first-order valence-corrected chi connectivity index (χ1v) is 8.88. The van der Waals surface area contributed by atoms with Crippen LogP contribution in [0.4, 0.5) is 5.69 Å². The quantitative estimate of drug-likeness (QED) is 0.876. The van der Waals surface area contributed by atoms with Gasteiger partial charge in [0.05, 0.1) is 22.7 Å². The molecule has 23 heavy (non-hydrogen) atoms. The predicted molar refractivity (Wildman–Crippen MR) is 90.0 cm³/mol. The number of nitrogens with zero attached hydrogens (tertiary/aromatic N) is 1. The number of rotatable bonds is 3. The zero-order valence-corrected chi connectivity index (χ0v) is 13.9. The van der Waals surface area contributed by atoms with Gasteiger partial charge in [-0.15, -0.1) is 11.3 Å². The van der Waals surface area contributed by atoms with Gasteiger partial charge in [-0.2, -0.15) is 0 Å². The number of aryl methyl sites for hydroxylation is 1. The van der Waals surface area contributed by atoms with Gasteiger partial charge in [0, 0.05) is 12.8 Å². The van der Waals surface area contributed by atoms with Gasteiger partial charge < -0.3 is 4.90 Å². The van der Waals surface area contributed by atoms with Crippen molar-refractivity contribution in [2.45, 2.75) is 25.8 Å². The molecule has 2 aliphatic rings. The van der Waals surface area contributed by atoms with Crippen LogP contribution in [0.5, 0.6) is 0 Å². The van der Waals surface area contributed by atoms with Crippen molar-refractivity contribution >= 4 is 28.7 Å². The predicted octanol–water partition coefficient (Wildman–Crippen LogP) is 1.96. The van der Waals surface area contributed by atoms with Gasteiger partial charge in [0.25, 0.3) is 5.78 Å². The molecule has 118 valence electrons. The van der Waals surface area contributed by atoms with Crippen molar-refractivity contribution in [3.05, 3.63) is 51.7 Å². The number of amides is 1. The Bertz CT molecular complexity index is 769. The lowest BCUT2D eigenvalue weighted by Gasteiger charge is -2.26. The van der Waals surface area contributed by atoms with Crippen LogP contribution in [-0.2, 0) is 4.79 Å². The van der Waals surface area contributed by atoms with E-state index in [4.69, 9.17) is 0 Å². The van der Waals surface area contributed by atoms with Gasteiger partial charge in [-0.1, -0.05) is 17.7 Å². The Hall–Kier alpha value is -1.98. The van der Waals surface area contributed by atoms with Crippen molar-refractivity contribution < 1.29 is 14.5 Å². The van der Waals surface area contributed by atoms with E-state index in [2.05, 4.69) is 17.5 Å². The molecule has 1 N–H and O–H groups in total. The molecule has 0 radical (unpaired) electrons. The van der Waals surface area contributed by atoms with Crippen molar-refractivity contribution in [2.75, 3.05) is 18.1 Å². The number of nitrogens with one attached hydrogen (secondary N) is 1. The molecule has 0 saturated carbocycles. The minimum Gasteiger partial charge on any atom is -0.311 e. The molecule has 2 aliphatic heterocycles. The summed E-state index contributed by atoms with van der Waals surface area (Å²) in [4.78, 5) is 29.1. The van der Waals surface area contributed by atoms with Crippen LogP contribution in [0.2, 0.25) is 0 Å². The van der Waals surface area contributed by atoms with Crippen molar-refractivity contribution in [1.29, 1.82) is 0 Å². The summed E-state index contributed by atoms with van der Waals surface area (Å²) in [6.45, 7) is 3.56. The summed E-state index contributed by atoms with van der Waals surface area (Å²) in [6.07, 6.45) is 2.31. The van der Waals surface area contributed by atoms with Crippen LogP contribution in [0, 0.1) is 6.92 Å². The Labute approximate surface area is 139 Å². The molecule has 5 heteroatoms. The van der Waals surface area contributed by atoms with E-state index >= 15 is 0 Å². The fourth-order valence-electron chi connectivity index (χ4n) is 3.71. The van der Waals surface area contributed by atoms with E-state index in [1.165, 1.54) is 9.78 Å². The normalized spacial score (nSPS) is 23.6. The first kappa shape index (κ1) is 14.6. The number of hydrogen-bond donors (Lipinski definition) is 1. The lowest BCUT2D eigenvalue weighted by Crippen LogP contribution is -3.12. The van der Waals surface area contributed by atoms with Crippen LogP contribution in [0.1, 0.15) is 39.7 Å². The number of fused-ring (bicyclic) bond motifs is 1. The van der Waals surface area contributed by atoms with Crippen molar-refractivity contribution in [1.82, 2.24) is 0 Å². The van der Waals surface area contributed by atoms with E-state index in [9.17, 15) is 9.59 Å². The second-order valence-corrected chi connectivity index (χ2v) is 7.34. The average molecular weight is 327 g/mol. The zero-order chi connectivity index (χ0) is 16.0. The molecule has 1 aromatic heterocycles. The average Bonchev–Trinajstić information content (AvgIpc) is 3.25. The molecule has 1 aromatic carbocycles. The molecule has 2 atom stereocenters. The number of carbonyl (C=O) groups is 2. The summed E-state index contributed by atoms with van der Waals surface area (Å²) in [5, 5.41) is 2.11. The third-order valence-corrected chi connectivity index (χ3v) is 5.84. The van der Waals surface area contributed by atoms with E-state index in [1.54, 1.807) is 16.2 Å². The lowest BCUT2D eigenvalue weighted by atomic mass is 10.1. The van der Waals surface area contributed by atoms with Crippen molar-refractivity contribution in [2.24, 2.45) is 0 Å². The molecule has 0 aliphatic carbocycles. The molecule has 1 amide bonds. The minimum atomic E-state index is -0.380. The first-order chi connectivity index (χ1) is 11.1. The Balaban J connectivity index is 1.62. The van der Waals surface area contributed by atoms with Crippen LogP contribution >= 0.6 is 11.3 Å². The Kier molecular flexibility index (Phi) is 3.54. The smallest absolute Gasteiger partial charge is 0.303 e. The van der Waals surface area contributed by atoms with Crippen LogP contribution in [0.3, 0.4) is 0 Å². The second-order valence-electron chi connectivity index (χ2n) is 6.36. The van der Waals surface area contributed by atoms with Crippen LogP contribution in [-0.4, -0.2) is 24.9 Å². The number of anilines is 1. The summed E-state index contributed by atoms with van der Waals surface area (Å²) in [7, 11) is 0. The maximum absolute atomic E-state index is 12.4. The number of ketones is 1. The molecule has 4 rings (SSSR count). The zero-order valence-electron chi connectivity index (χ0n) is 13.0. The molecular weight excluding hydrogens is 308 g/mol. The number of hydrogen-bond acceptors (Lipinski definition) is 3. The SMILES string of the molecule is Cc1ccc2c(c1)C(=O)C(=O)N2C[NH+]1CCC[C@@H]1c1cccs1. The summed E-state index contributed by atoms with van der Waals surface area (Å²) in [6, 6.07) is 10.4. The largest absolute Gasteiger partial charge is 0.311 e. The fraction of sp³-hybridized carbons (Fsp3) is 0.333.